The number of hydrogen-bond acceptors (Lipinski definition) is 5. The number of likely N-dealkylation sites (tertiary alicyclic amines) is 1. The minimum Gasteiger partial charge on any atom is -0.326 e. The summed E-state index contributed by atoms with van der Waals surface area (Å²) in [4.78, 5) is 24.5. The van der Waals surface area contributed by atoms with Crippen molar-refractivity contribution < 1.29 is 18.0 Å². The molecule has 0 spiro atoms. The highest BCUT2D eigenvalue weighted by molar-refractivity contribution is 7.91. The fourth-order valence-corrected chi connectivity index (χ4v) is 3.52. The molecule has 0 radical (unpaired) electrons. The molecular formula is C14H18N2O4S. The van der Waals surface area contributed by atoms with Crippen LogP contribution in [0.3, 0.4) is 0 Å². The van der Waals surface area contributed by atoms with E-state index >= 15 is 0 Å². The minimum atomic E-state index is -3.54. The van der Waals surface area contributed by atoms with E-state index in [1.54, 1.807) is 12.1 Å². The first-order valence-corrected chi connectivity index (χ1v) is 8.44. The number of benzene rings is 1. The van der Waals surface area contributed by atoms with E-state index in [9.17, 15) is 18.0 Å². The quantitative estimate of drug-likeness (QED) is 0.797. The van der Waals surface area contributed by atoms with Gasteiger partial charge in [0.1, 0.15) is 0 Å². The molecule has 1 saturated heterocycles. The van der Waals surface area contributed by atoms with Crippen LogP contribution >= 0.6 is 0 Å². The zero-order valence-corrected chi connectivity index (χ0v) is 12.4. The number of carbonyl (C=O) groups excluding carboxylic acids is 2. The second kappa shape index (κ2) is 6.36. The van der Waals surface area contributed by atoms with Crippen LogP contribution in [0.25, 0.3) is 0 Å². The summed E-state index contributed by atoms with van der Waals surface area (Å²) in [6, 6.07) is 6.40. The van der Waals surface area contributed by atoms with Crippen LogP contribution in [-0.2, 0) is 26.0 Å². The van der Waals surface area contributed by atoms with Crippen LogP contribution in [0.15, 0.2) is 29.2 Å². The first-order chi connectivity index (χ1) is 9.94. The second-order valence-electron chi connectivity index (χ2n) is 4.96. The zero-order chi connectivity index (χ0) is 15.5. The van der Waals surface area contributed by atoms with Gasteiger partial charge in [0.05, 0.1) is 10.6 Å². The Bertz CT molecular complexity index is 639. The first-order valence-electron chi connectivity index (χ1n) is 6.79. The molecular weight excluding hydrogens is 292 g/mol. The van der Waals surface area contributed by atoms with Crippen molar-refractivity contribution in [1.82, 2.24) is 4.90 Å². The highest BCUT2D eigenvalue weighted by atomic mass is 32.2. The predicted octanol–water partition coefficient (Wildman–Crippen LogP) is 0.458. The topological polar surface area (TPSA) is 97.5 Å². The fraction of sp³-hybridized carbons (Fsp3) is 0.429. The molecule has 0 unspecified atom stereocenters. The van der Waals surface area contributed by atoms with Crippen molar-refractivity contribution in [2.24, 2.45) is 5.73 Å². The van der Waals surface area contributed by atoms with Gasteiger partial charge in [0.25, 0.3) is 0 Å². The van der Waals surface area contributed by atoms with Crippen LogP contribution in [-0.4, -0.2) is 37.4 Å². The van der Waals surface area contributed by atoms with Gasteiger partial charge in [0.15, 0.2) is 9.84 Å². The van der Waals surface area contributed by atoms with E-state index in [0.29, 0.717) is 19.3 Å². The van der Waals surface area contributed by atoms with Gasteiger partial charge in [-0.25, -0.2) is 8.42 Å². The third kappa shape index (κ3) is 3.68. The summed E-state index contributed by atoms with van der Waals surface area (Å²) in [6.07, 6.45) is 1.14. The molecule has 0 atom stereocenters. The second-order valence-corrected chi connectivity index (χ2v) is 7.07. The standard InChI is InChI=1S/C14H18N2O4S/c15-10-11-3-1-4-12(9-11)21(19,20)8-7-16-13(17)5-2-6-14(16)18/h1,3-4,9H,2,5-8,10,15H2. The third-order valence-electron chi connectivity index (χ3n) is 3.46. The van der Waals surface area contributed by atoms with E-state index in [1.807, 2.05) is 0 Å². The molecule has 1 aliphatic heterocycles. The summed E-state index contributed by atoms with van der Waals surface area (Å²) >= 11 is 0. The molecule has 0 aliphatic carbocycles. The van der Waals surface area contributed by atoms with Gasteiger partial charge in [-0.2, -0.15) is 0 Å². The van der Waals surface area contributed by atoms with Gasteiger partial charge in [-0.05, 0) is 24.1 Å². The molecule has 21 heavy (non-hydrogen) atoms. The van der Waals surface area contributed by atoms with Gasteiger partial charge in [-0.3, -0.25) is 14.5 Å². The lowest BCUT2D eigenvalue weighted by Gasteiger charge is -2.24. The maximum Gasteiger partial charge on any atom is 0.229 e. The minimum absolute atomic E-state index is 0.0904. The van der Waals surface area contributed by atoms with Crippen LogP contribution in [0, 0.1) is 0 Å². The number of amides is 2. The van der Waals surface area contributed by atoms with Gasteiger partial charge in [-0.15, -0.1) is 0 Å². The number of nitrogens with two attached hydrogens (primary N) is 1. The van der Waals surface area contributed by atoms with Crippen molar-refractivity contribution in [2.75, 3.05) is 12.3 Å². The van der Waals surface area contributed by atoms with Crippen molar-refractivity contribution >= 4 is 21.7 Å². The molecule has 1 aromatic rings. The lowest BCUT2D eigenvalue weighted by atomic mass is 10.1. The third-order valence-corrected chi connectivity index (χ3v) is 5.15. The Morgan fingerprint density at radius 2 is 1.81 bits per heavy atom. The van der Waals surface area contributed by atoms with Crippen LogP contribution in [0.4, 0.5) is 0 Å². The molecule has 1 aromatic carbocycles. The molecule has 114 valence electrons. The molecule has 2 N–H and O–H groups in total. The van der Waals surface area contributed by atoms with Crippen molar-refractivity contribution in [3.63, 3.8) is 0 Å². The molecule has 1 aliphatic rings. The average molecular weight is 310 g/mol. The van der Waals surface area contributed by atoms with E-state index in [2.05, 4.69) is 0 Å². The monoisotopic (exact) mass is 310 g/mol. The smallest absolute Gasteiger partial charge is 0.229 e. The van der Waals surface area contributed by atoms with E-state index in [1.165, 1.54) is 12.1 Å². The fourth-order valence-electron chi connectivity index (χ4n) is 2.24. The molecule has 1 heterocycles. The van der Waals surface area contributed by atoms with Crippen LogP contribution in [0.1, 0.15) is 24.8 Å². The SMILES string of the molecule is NCc1cccc(S(=O)(=O)CCN2C(=O)CCCC2=O)c1. The molecule has 6 nitrogen and oxygen atoms in total. The van der Waals surface area contributed by atoms with Gasteiger partial charge < -0.3 is 5.73 Å². The predicted molar refractivity (Wildman–Crippen MR) is 77.0 cm³/mol. The Kier molecular flexibility index (Phi) is 4.74. The molecule has 2 rings (SSSR count). The van der Waals surface area contributed by atoms with E-state index in [-0.39, 0.29) is 35.6 Å². The summed E-state index contributed by atoms with van der Waals surface area (Å²) in [5, 5.41) is 0. The summed E-state index contributed by atoms with van der Waals surface area (Å²) in [6.45, 7) is 0.166. The summed E-state index contributed by atoms with van der Waals surface area (Å²) in [5.41, 5.74) is 6.22. The van der Waals surface area contributed by atoms with E-state index in [0.717, 1.165) is 10.5 Å². The van der Waals surface area contributed by atoms with Crippen molar-refractivity contribution in [3.8, 4) is 0 Å². The molecule has 2 amide bonds. The lowest BCUT2D eigenvalue weighted by molar-refractivity contribution is -0.147. The van der Waals surface area contributed by atoms with Gasteiger partial charge in [0, 0.05) is 25.9 Å². The number of imide groups is 1. The normalized spacial score (nSPS) is 16.3. The van der Waals surface area contributed by atoms with Gasteiger partial charge in [-0.1, -0.05) is 12.1 Å². The zero-order valence-electron chi connectivity index (χ0n) is 11.6. The van der Waals surface area contributed by atoms with Crippen molar-refractivity contribution in [3.05, 3.63) is 29.8 Å². The number of sulfone groups is 1. The Morgan fingerprint density at radius 3 is 2.43 bits per heavy atom. The van der Waals surface area contributed by atoms with Crippen LogP contribution in [0.2, 0.25) is 0 Å². The molecule has 7 heteroatoms. The maximum absolute atomic E-state index is 12.3. The largest absolute Gasteiger partial charge is 0.326 e. The maximum atomic E-state index is 12.3. The summed E-state index contributed by atoms with van der Waals surface area (Å²) in [5.74, 6) is -0.854. The molecule has 0 aromatic heterocycles. The Morgan fingerprint density at radius 1 is 1.14 bits per heavy atom. The van der Waals surface area contributed by atoms with E-state index in [4.69, 9.17) is 5.73 Å². The lowest BCUT2D eigenvalue weighted by Crippen LogP contribution is -2.42. The number of rotatable bonds is 5. The molecule has 0 saturated carbocycles. The van der Waals surface area contributed by atoms with Crippen LogP contribution in [0.5, 0.6) is 0 Å². The Hall–Kier alpha value is -1.73. The Balaban J connectivity index is 2.10. The number of hydrogen-bond donors (Lipinski definition) is 1. The van der Waals surface area contributed by atoms with Crippen LogP contribution < -0.4 is 5.73 Å². The summed E-state index contributed by atoms with van der Waals surface area (Å²) in [7, 11) is -3.54. The van der Waals surface area contributed by atoms with Crippen molar-refractivity contribution in [1.29, 1.82) is 0 Å². The highest BCUT2D eigenvalue weighted by Crippen LogP contribution is 2.16. The molecule has 0 bridgehead atoms. The van der Waals surface area contributed by atoms with Gasteiger partial charge in [0.2, 0.25) is 11.8 Å². The first kappa shape index (κ1) is 15.7. The highest BCUT2D eigenvalue weighted by Gasteiger charge is 2.27. The number of nitrogens with zero attached hydrogens (tertiary/aromatic N) is 1. The molecule has 1 fully saturated rings. The number of piperidine rings is 1. The van der Waals surface area contributed by atoms with Crippen molar-refractivity contribution in [2.45, 2.75) is 30.7 Å². The van der Waals surface area contributed by atoms with Gasteiger partial charge >= 0.3 is 0 Å². The average Bonchev–Trinajstić information content (AvgIpc) is 2.47. The Labute approximate surface area is 123 Å². The van der Waals surface area contributed by atoms with E-state index < -0.39 is 9.84 Å². The summed E-state index contributed by atoms with van der Waals surface area (Å²) < 4.78 is 24.5. The number of carbonyl (C=O) groups is 2.